The quantitative estimate of drug-likeness (QED) is 0.424. The van der Waals surface area contributed by atoms with Crippen LogP contribution < -0.4 is 15.4 Å². The molecule has 0 radical (unpaired) electrons. The molecule has 0 spiro atoms. The summed E-state index contributed by atoms with van der Waals surface area (Å²) >= 11 is 1.66. The molecule has 4 aromatic rings. The second-order valence-electron chi connectivity index (χ2n) is 7.81. The third-order valence-corrected chi connectivity index (χ3v) is 6.78. The van der Waals surface area contributed by atoms with E-state index in [4.69, 9.17) is 15.5 Å². The molecule has 6 heteroatoms. The molecule has 3 aromatic carbocycles. The number of para-hydroxylation sites is 1. The Morgan fingerprint density at radius 2 is 1.56 bits per heavy atom. The first kappa shape index (κ1) is 20.3. The molecular weight excluding hydrogens is 418 g/mol. The van der Waals surface area contributed by atoms with E-state index >= 15 is 0 Å². The number of nitrogens with two attached hydrogens (primary N) is 1. The van der Waals surface area contributed by atoms with E-state index < -0.39 is 0 Å². The third kappa shape index (κ3) is 4.22. The van der Waals surface area contributed by atoms with Crippen LogP contribution in [0.25, 0.3) is 21.7 Å². The normalized spacial score (nSPS) is 15.6. The van der Waals surface area contributed by atoms with Crippen LogP contribution in [0.4, 0.5) is 5.13 Å². The summed E-state index contributed by atoms with van der Waals surface area (Å²) in [6, 6.07) is 28.0. The maximum Gasteiger partial charge on any atom is 0.222 e. The lowest BCUT2D eigenvalue weighted by Crippen LogP contribution is -2.27. The standard InChI is InChI=1S/C26H23N3O2S/c27-25(30)20-15-16-29(17-20)26-28-23(24(32-26)19-7-3-1-4-8-19)18-11-13-22(14-12-18)31-21-9-5-2-6-10-21/h1-14,20H,15-17H2,(H2,27,30). The molecule has 0 aliphatic carbocycles. The predicted molar refractivity (Wildman–Crippen MR) is 129 cm³/mol. The maximum absolute atomic E-state index is 11.6. The second kappa shape index (κ2) is 8.85. The summed E-state index contributed by atoms with van der Waals surface area (Å²) in [4.78, 5) is 19.9. The molecule has 1 amide bonds. The first-order valence-corrected chi connectivity index (χ1v) is 11.4. The average molecular weight is 442 g/mol. The molecule has 32 heavy (non-hydrogen) atoms. The van der Waals surface area contributed by atoms with Crippen LogP contribution in [-0.4, -0.2) is 24.0 Å². The van der Waals surface area contributed by atoms with Crippen molar-refractivity contribution in [3.05, 3.63) is 84.9 Å². The summed E-state index contributed by atoms with van der Waals surface area (Å²) in [5.74, 6) is 1.23. The van der Waals surface area contributed by atoms with E-state index in [1.807, 2.05) is 72.8 Å². The minimum Gasteiger partial charge on any atom is -0.457 e. The molecule has 1 fully saturated rings. The smallest absolute Gasteiger partial charge is 0.222 e. The second-order valence-corrected chi connectivity index (χ2v) is 8.79. The number of aromatic nitrogens is 1. The van der Waals surface area contributed by atoms with Crippen LogP contribution in [0.1, 0.15) is 6.42 Å². The molecule has 1 unspecified atom stereocenters. The first-order valence-electron chi connectivity index (χ1n) is 10.6. The van der Waals surface area contributed by atoms with E-state index in [9.17, 15) is 4.79 Å². The zero-order chi connectivity index (χ0) is 21.9. The fraction of sp³-hybridized carbons (Fsp3) is 0.154. The number of carbonyl (C=O) groups excluding carboxylic acids is 1. The number of nitrogens with zero attached hydrogens (tertiary/aromatic N) is 2. The van der Waals surface area contributed by atoms with Crippen molar-refractivity contribution in [3.63, 3.8) is 0 Å². The lowest BCUT2D eigenvalue weighted by molar-refractivity contribution is -0.121. The molecule has 5 nitrogen and oxygen atoms in total. The highest BCUT2D eigenvalue weighted by molar-refractivity contribution is 7.19. The number of carbonyl (C=O) groups is 1. The number of hydrogen-bond acceptors (Lipinski definition) is 5. The van der Waals surface area contributed by atoms with Crippen molar-refractivity contribution in [2.75, 3.05) is 18.0 Å². The van der Waals surface area contributed by atoms with Gasteiger partial charge in [-0.25, -0.2) is 4.98 Å². The molecule has 0 bridgehead atoms. The van der Waals surface area contributed by atoms with E-state index in [1.54, 1.807) is 11.3 Å². The van der Waals surface area contributed by atoms with Crippen LogP contribution in [0, 0.1) is 5.92 Å². The summed E-state index contributed by atoms with van der Waals surface area (Å²) in [7, 11) is 0. The highest BCUT2D eigenvalue weighted by Gasteiger charge is 2.29. The van der Waals surface area contributed by atoms with Crippen LogP contribution >= 0.6 is 11.3 Å². The van der Waals surface area contributed by atoms with E-state index in [0.717, 1.165) is 51.3 Å². The molecule has 5 rings (SSSR count). The minimum absolute atomic E-state index is 0.114. The Bertz CT molecular complexity index is 1210. The Kier molecular flexibility index (Phi) is 5.60. The van der Waals surface area contributed by atoms with Crippen LogP contribution in [0.3, 0.4) is 0 Å². The first-order chi connectivity index (χ1) is 15.7. The number of rotatable bonds is 6. The van der Waals surface area contributed by atoms with Gasteiger partial charge in [-0.1, -0.05) is 59.9 Å². The number of anilines is 1. The number of benzene rings is 3. The largest absolute Gasteiger partial charge is 0.457 e. The summed E-state index contributed by atoms with van der Waals surface area (Å²) in [5.41, 5.74) is 8.62. The van der Waals surface area contributed by atoms with Crippen LogP contribution in [0.5, 0.6) is 11.5 Å². The summed E-state index contributed by atoms with van der Waals surface area (Å²) < 4.78 is 5.93. The van der Waals surface area contributed by atoms with Crippen molar-refractivity contribution in [2.45, 2.75) is 6.42 Å². The average Bonchev–Trinajstić information content (AvgIpc) is 3.49. The monoisotopic (exact) mass is 441 g/mol. The molecule has 1 aromatic heterocycles. The Morgan fingerprint density at radius 1 is 0.906 bits per heavy atom. The number of thiazole rings is 1. The third-order valence-electron chi connectivity index (χ3n) is 5.62. The topological polar surface area (TPSA) is 68.5 Å². The van der Waals surface area contributed by atoms with Gasteiger partial charge < -0.3 is 15.4 Å². The number of ether oxygens (including phenoxy) is 1. The van der Waals surface area contributed by atoms with Crippen molar-refractivity contribution >= 4 is 22.4 Å². The van der Waals surface area contributed by atoms with Gasteiger partial charge in [0.1, 0.15) is 11.5 Å². The Morgan fingerprint density at radius 3 is 2.22 bits per heavy atom. The fourth-order valence-corrected chi connectivity index (χ4v) is 5.03. The molecule has 1 atom stereocenters. The zero-order valence-corrected chi connectivity index (χ0v) is 18.3. The van der Waals surface area contributed by atoms with Crippen molar-refractivity contribution < 1.29 is 9.53 Å². The minimum atomic E-state index is -0.235. The molecular formula is C26H23N3O2S. The summed E-state index contributed by atoms with van der Waals surface area (Å²) in [6.45, 7) is 1.42. The lowest BCUT2D eigenvalue weighted by atomic mass is 10.1. The van der Waals surface area contributed by atoms with Crippen molar-refractivity contribution in [1.82, 2.24) is 4.98 Å². The van der Waals surface area contributed by atoms with Gasteiger partial charge in [0.25, 0.3) is 0 Å². The highest BCUT2D eigenvalue weighted by atomic mass is 32.1. The molecule has 1 aliphatic rings. The number of primary amides is 1. The summed E-state index contributed by atoms with van der Waals surface area (Å²) in [5, 5.41) is 0.923. The van der Waals surface area contributed by atoms with Gasteiger partial charge in [-0.3, -0.25) is 4.79 Å². The van der Waals surface area contributed by atoms with E-state index in [0.29, 0.717) is 6.54 Å². The Labute approximate surface area is 191 Å². The summed E-state index contributed by atoms with van der Waals surface area (Å²) in [6.07, 6.45) is 0.774. The van der Waals surface area contributed by atoms with Gasteiger partial charge >= 0.3 is 0 Å². The SMILES string of the molecule is NC(=O)C1CCN(c2nc(-c3ccc(Oc4ccccc4)cc3)c(-c3ccccc3)s2)C1. The van der Waals surface area contributed by atoms with Crippen molar-refractivity contribution in [2.24, 2.45) is 11.7 Å². The van der Waals surface area contributed by atoms with Gasteiger partial charge in [-0.05, 0) is 48.4 Å². The molecule has 160 valence electrons. The molecule has 2 N–H and O–H groups in total. The van der Waals surface area contributed by atoms with Gasteiger partial charge in [0, 0.05) is 18.7 Å². The van der Waals surface area contributed by atoms with Gasteiger partial charge in [0.15, 0.2) is 5.13 Å². The molecule has 1 aliphatic heterocycles. The van der Waals surface area contributed by atoms with Crippen molar-refractivity contribution in [3.8, 4) is 33.2 Å². The van der Waals surface area contributed by atoms with E-state index in [2.05, 4.69) is 17.0 Å². The predicted octanol–water partition coefficient (Wildman–Crippen LogP) is 5.58. The van der Waals surface area contributed by atoms with E-state index in [1.165, 1.54) is 0 Å². The Hall–Kier alpha value is -3.64. The van der Waals surface area contributed by atoms with Crippen LogP contribution in [0.2, 0.25) is 0 Å². The fourth-order valence-electron chi connectivity index (χ4n) is 3.90. The lowest BCUT2D eigenvalue weighted by Gasteiger charge is -2.13. The van der Waals surface area contributed by atoms with Gasteiger partial charge in [0.2, 0.25) is 5.91 Å². The molecule has 0 saturated carbocycles. The zero-order valence-electron chi connectivity index (χ0n) is 17.5. The van der Waals surface area contributed by atoms with Gasteiger partial charge in [-0.15, -0.1) is 0 Å². The maximum atomic E-state index is 11.6. The van der Waals surface area contributed by atoms with Crippen LogP contribution in [-0.2, 0) is 4.79 Å². The number of hydrogen-bond donors (Lipinski definition) is 1. The van der Waals surface area contributed by atoms with E-state index in [-0.39, 0.29) is 11.8 Å². The highest BCUT2D eigenvalue weighted by Crippen LogP contribution is 2.42. The van der Waals surface area contributed by atoms with Gasteiger partial charge in [0.05, 0.1) is 16.5 Å². The number of amides is 1. The van der Waals surface area contributed by atoms with Crippen LogP contribution in [0.15, 0.2) is 84.9 Å². The van der Waals surface area contributed by atoms with Crippen molar-refractivity contribution in [1.29, 1.82) is 0 Å². The van der Waals surface area contributed by atoms with Gasteiger partial charge in [-0.2, -0.15) is 0 Å². The molecule has 2 heterocycles. The molecule has 1 saturated heterocycles. The Balaban J connectivity index is 1.47.